The van der Waals surface area contributed by atoms with Crippen LogP contribution in [0.5, 0.6) is 0 Å². The monoisotopic (exact) mass is 165 g/mol. The van der Waals surface area contributed by atoms with Crippen molar-refractivity contribution in [2.75, 3.05) is 6.54 Å². The first-order chi connectivity index (χ1) is 5.77. The van der Waals surface area contributed by atoms with Gasteiger partial charge in [0.1, 0.15) is 0 Å². The van der Waals surface area contributed by atoms with E-state index in [2.05, 4.69) is 18.7 Å². The van der Waals surface area contributed by atoms with Crippen molar-refractivity contribution in [3.05, 3.63) is 0 Å². The molecule has 3 fully saturated rings. The Balaban J connectivity index is 1.90. The number of nitrogens with zero attached hydrogens (tertiary/aromatic N) is 1. The number of rotatable bonds is 0. The van der Waals surface area contributed by atoms with Gasteiger partial charge in [-0.05, 0) is 44.1 Å². The molecule has 3 atom stereocenters. The summed E-state index contributed by atoms with van der Waals surface area (Å²) in [5.41, 5.74) is 0.696. The van der Waals surface area contributed by atoms with Gasteiger partial charge in [-0.2, -0.15) is 0 Å². The molecule has 2 aliphatic heterocycles. The highest BCUT2D eigenvalue weighted by atomic mass is 15.3. The Morgan fingerprint density at radius 2 is 1.92 bits per heavy atom. The van der Waals surface area contributed by atoms with Gasteiger partial charge in [-0.25, -0.2) is 0 Å². The van der Waals surface area contributed by atoms with E-state index in [0.29, 0.717) is 5.54 Å². The van der Waals surface area contributed by atoms with Crippen molar-refractivity contribution in [2.24, 2.45) is 11.8 Å². The lowest BCUT2D eigenvalue weighted by atomic mass is 10.1. The topological polar surface area (TPSA) is 3.24 Å². The molecule has 1 nitrogen and oxygen atoms in total. The molecule has 3 unspecified atom stereocenters. The molecule has 0 aromatic rings. The second-order valence-electron chi connectivity index (χ2n) is 5.10. The van der Waals surface area contributed by atoms with Crippen LogP contribution in [0.4, 0.5) is 0 Å². The molecule has 1 saturated carbocycles. The molecule has 0 aromatic carbocycles. The summed E-state index contributed by atoms with van der Waals surface area (Å²) in [6.45, 7) is 6.30. The predicted octanol–water partition coefficient (Wildman–Crippen LogP) is 2.27. The fourth-order valence-electron chi connectivity index (χ4n) is 4.04. The van der Waals surface area contributed by atoms with E-state index >= 15 is 0 Å². The summed E-state index contributed by atoms with van der Waals surface area (Å²) in [7, 11) is 0. The van der Waals surface area contributed by atoms with Gasteiger partial charge in [0.15, 0.2) is 0 Å². The molecular weight excluding hydrogens is 146 g/mol. The maximum atomic E-state index is 2.85. The van der Waals surface area contributed by atoms with Crippen LogP contribution in [-0.2, 0) is 0 Å². The first kappa shape index (κ1) is 7.37. The van der Waals surface area contributed by atoms with Crippen molar-refractivity contribution in [1.82, 2.24) is 4.90 Å². The lowest BCUT2D eigenvalue weighted by Gasteiger charge is -2.25. The summed E-state index contributed by atoms with van der Waals surface area (Å²) in [6.07, 6.45) is 5.95. The molecule has 3 aliphatic rings. The summed E-state index contributed by atoms with van der Waals surface area (Å²) >= 11 is 0. The van der Waals surface area contributed by atoms with Crippen molar-refractivity contribution in [3.8, 4) is 0 Å². The normalized spacial score (nSPS) is 58.0. The summed E-state index contributed by atoms with van der Waals surface area (Å²) in [5.74, 6) is 1.97. The standard InChI is InChI=1S/C11H19N/c1-8-9(2)11(8)6-5-10-4-3-7-12(10)11/h8-10H,3-7H2,1-2H3. The van der Waals surface area contributed by atoms with Crippen molar-refractivity contribution < 1.29 is 0 Å². The number of hydrogen-bond donors (Lipinski definition) is 0. The van der Waals surface area contributed by atoms with Crippen LogP contribution >= 0.6 is 0 Å². The molecule has 3 rings (SSSR count). The Morgan fingerprint density at radius 1 is 1.17 bits per heavy atom. The Kier molecular flexibility index (Phi) is 1.27. The third-order valence-electron chi connectivity index (χ3n) is 5.01. The van der Waals surface area contributed by atoms with Gasteiger partial charge in [-0.3, -0.25) is 4.90 Å². The van der Waals surface area contributed by atoms with Crippen LogP contribution in [-0.4, -0.2) is 23.0 Å². The van der Waals surface area contributed by atoms with Crippen LogP contribution in [0, 0.1) is 11.8 Å². The van der Waals surface area contributed by atoms with E-state index in [1.807, 2.05) is 0 Å². The Hall–Kier alpha value is -0.0400. The second-order valence-corrected chi connectivity index (χ2v) is 5.10. The molecule has 1 aliphatic carbocycles. The van der Waals surface area contributed by atoms with Gasteiger partial charge in [0, 0.05) is 11.6 Å². The van der Waals surface area contributed by atoms with E-state index in [1.165, 1.54) is 32.2 Å². The molecule has 12 heavy (non-hydrogen) atoms. The Morgan fingerprint density at radius 3 is 2.58 bits per heavy atom. The molecule has 0 aromatic heterocycles. The molecule has 2 saturated heterocycles. The van der Waals surface area contributed by atoms with Crippen molar-refractivity contribution in [3.63, 3.8) is 0 Å². The minimum absolute atomic E-state index is 0.696. The molecule has 1 heteroatoms. The fraction of sp³-hybridized carbons (Fsp3) is 1.00. The average Bonchev–Trinajstić information content (AvgIpc) is 2.51. The average molecular weight is 165 g/mol. The van der Waals surface area contributed by atoms with Crippen molar-refractivity contribution in [1.29, 1.82) is 0 Å². The molecule has 68 valence electrons. The van der Waals surface area contributed by atoms with Crippen molar-refractivity contribution in [2.45, 2.75) is 51.1 Å². The van der Waals surface area contributed by atoms with E-state index in [4.69, 9.17) is 0 Å². The molecule has 0 radical (unpaired) electrons. The summed E-state index contributed by atoms with van der Waals surface area (Å²) < 4.78 is 0. The van der Waals surface area contributed by atoms with Crippen LogP contribution in [0.2, 0.25) is 0 Å². The van der Waals surface area contributed by atoms with Crippen LogP contribution in [0.1, 0.15) is 39.5 Å². The van der Waals surface area contributed by atoms with Gasteiger partial charge in [0.2, 0.25) is 0 Å². The largest absolute Gasteiger partial charge is 0.294 e. The number of fused-ring (bicyclic) bond motifs is 2. The van der Waals surface area contributed by atoms with E-state index < -0.39 is 0 Å². The van der Waals surface area contributed by atoms with Crippen LogP contribution in [0.3, 0.4) is 0 Å². The summed E-state index contributed by atoms with van der Waals surface area (Å²) in [6, 6.07) is 0.984. The Labute approximate surface area is 75.1 Å². The maximum absolute atomic E-state index is 2.85. The van der Waals surface area contributed by atoms with Gasteiger partial charge in [-0.15, -0.1) is 0 Å². The minimum Gasteiger partial charge on any atom is -0.294 e. The molecular formula is C11H19N. The van der Waals surface area contributed by atoms with Crippen LogP contribution < -0.4 is 0 Å². The smallest absolute Gasteiger partial charge is 0.0270 e. The first-order valence-corrected chi connectivity index (χ1v) is 5.53. The SMILES string of the molecule is CC1C(C)C12CCC1CCCN12. The van der Waals surface area contributed by atoms with Crippen molar-refractivity contribution >= 4 is 0 Å². The highest BCUT2D eigenvalue weighted by Crippen LogP contribution is 2.62. The molecule has 1 spiro atoms. The predicted molar refractivity (Wildman–Crippen MR) is 50.0 cm³/mol. The van der Waals surface area contributed by atoms with Crippen LogP contribution in [0.25, 0.3) is 0 Å². The first-order valence-electron chi connectivity index (χ1n) is 5.53. The molecule has 2 heterocycles. The van der Waals surface area contributed by atoms with Gasteiger partial charge in [-0.1, -0.05) is 13.8 Å². The van der Waals surface area contributed by atoms with E-state index in [9.17, 15) is 0 Å². The van der Waals surface area contributed by atoms with Gasteiger partial charge in [0.25, 0.3) is 0 Å². The zero-order chi connectivity index (χ0) is 8.34. The second kappa shape index (κ2) is 2.06. The summed E-state index contributed by atoms with van der Waals surface area (Å²) in [4.78, 5) is 2.85. The fourth-order valence-corrected chi connectivity index (χ4v) is 4.04. The molecule has 0 bridgehead atoms. The zero-order valence-electron chi connectivity index (χ0n) is 8.21. The molecule has 0 amide bonds. The third kappa shape index (κ3) is 0.618. The molecule has 0 N–H and O–H groups in total. The van der Waals surface area contributed by atoms with E-state index in [-0.39, 0.29) is 0 Å². The third-order valence-corrected chi connectivity index (χ3v) is 5.01. The minimum atomic E-state index is 0.696. The maximum Gasteiger partial charge on any atom is 0.0270 e. The lowest BCUT2D eigenvalue weighted by molar-refractivity contribution is 0.205. The van der Waals surface area contributed by atoms with Gasteiger partial charge in [0.05, 0.1) is 0 Å². The number of hydrogen-bond acceptors (Lipinski definition) is 1. The Bertz CT molecular complexity index is 203. The van der Waals surface area contributed by atoms with Gasteiger partial charge < -0.3 is 0 Å². The summed E-state index contributed by atoms with van der Waals surface area (Å²) in [5, 5.41) is 0. The van der Waals surface area contributed by atoms with E-state index in [0.717, 1.165) is 17.9 Å². The quantitative estimate of drug-likeness (QED) is 0.532. The zero-order valence-corrected chi connectivity index (χ0v) is 8.21. The van der Waals surface area contributed by atoms with E-state index in [1.54, 1.807) is 0 Å². The highest BCUT2D eigenvalue weighted by Gasteiger charge is 2.66. The lowest BCUT2D eigenvalue weighted by Crippen LogP contribution is -2.35. The van der Waals surface area contributed by atoms with Crippen LogP contribution in [0.15, 0.2) is 0 Å². The highest BCUT2D eigenvalue weighted by molar-refractivity contribution is 5.20. The van der Waals surface area contributed by atoms with Gasteiger partial charge >= 0.3 is 0 Å².